The van der Waals surface area contributed by atoms with Crippen molar-refractivity contribution in [2.24, 2.45) is 0 Å². The number of carbonyl (C=O) groups excluding carboxylic acids is 2. The van der Waals surface area contributed by atoms with Gasteiger partial charge in [-0.1, -0.05) is 72.8 Å². The lowest BCUT2D eigenvalue weighted by Gasteiger charge is -2.11. The minimum Gasteiger partial charge on any atom is -0.310 e. The number of amides is 2. The number of hydrazine groups is 1. The molecule has 4 aromatic rings. The Bertz CT molecular complexity index is 1290. The number of benzene rings is 3. The summed E-state index contributed by atoms with van der Waals surface area (Å²) in [5.41, 5.74) is 6.77. The molecule has 0 fully saturated rings. The molecule has 0 atom stereocenters. The van der Waals surface area contributed by atoms with Gasteiger partial charge in [-0.25, -0.2) is 0 Å². The maximum absolute atomic E-state index is 12.5. The molecule has 6 nitrogen and oxygen atoms in total. The van der Waals surface area contributed by atoms with Gasteiger partial charge in [-0.3, -0.25) is 25.2 Å². The van der Waals surface area contributed by atoms with Gasteiger partial charge < -0.3 is 4.57 Å². The zero-order valence-corrected chi connectivity index (χ0v) is 16.7. The van der Waals surface area contributed by atoms with Gasteiger partial charge >= 0.3 is 0 Å². The lowest BCUT2D eigenvalue weighted by molar-refractivity contribution is -0.121. The first-order chi connectivity index (χ1) is 15.1. The van der Waals surface area contributed by atoms with Crippen LogP contribution in [0, 0.1) is 0 Å². The molecule has 2 amide bonds. The van der Waals surface area contributed by atoms with Crippen LogP contribution in [0.2, 0.25) is 0 Å². The quantitative estimate of drug-likeness (QED) is 0.496. The van der Waals surface area contributed by atoms with E-state index >= 15 is 0 Å². The zero-order valence-electron chi connectivity index (χ0n) is 16.7. The fourth-order valence-corrected chi connectivity index (χ4v) is 3.43. The van der Waals surface area contributed by atoms with Crippen molar-refractivity contribution >= 4 is 22.6 Å². The molecule has 0 aliphatic heterocycles. The average molecular weight is 411 g/mol. The topological polar surface area (TPSA) is 80.2 Å². The third kappa shape index (κ3) is 4.87. The molecule has 1 aromatic heterocycles. The molecule has 0 aliphatic rings. The van der Waals surface area contributed by atoms with Gasteiger partial charge in [-0.15, -0.1) is 0 Å². The molecule has 0 spiro atoms. The third-order valence-corrected chi connectivity index (χ3v) is 4.99. The van der Waals surface area contributed by atoms with Gasteiger partial charge in [-0.05, 0) is 28.0 Å². The normalized spacial score (nSPS) is 10.6. The van der Waals surface area contributed by atoms with Gasteiger partial charge in [0.15, 0.2) is 0 Å². The maximum Gasteiger partial charge on any atom is 0.271 e. The van der Waals surface area contributed by atoms with Crippen molar-refractivity contribution in [2.75, 3.05) is 0 Å². The van der Waals surface area contributed by atoms with Crippen LogP contribution in [0.15, 0.2) is 95.9 Å². The van der Waals surface area contributed by atoms with Gasteiger partial charge in [0.25, 0.3) is 11.5 Å². The molecule has 3 aromatic carbocycles. The molecule has 1 heterocycles. The first kappa shape index (κ1) is 20.1. The number of pyridine rings is 1. The van der Waals surface area contributed by atoms with Crippen molar-refractivity contribution < 1.29 is 9.59 Å². The maximum atomic E-state index is 12.5. The predicted octanol–water partition coefficient (Wildman–Crippen LogP) is 3.05. The molecule has 0 unspecified atom stereocenters. The second-order valence-corrected chi connectivity index (χ2v) is 7.19. The van der Waals surface area contributed by atoms with E-state index in [-0.39, 0.29) is 23.5 Å². The molecule has 0 radical (unpaired) electrons. The Labute approximate surface area is 179 Å². The highest BCUT2D eigenvalue weighted by molar-refractivity contribution is 5.96. The number of fused-ring (bicyclic) bond motifs is 1. The second kappa shape index (κ2) is 9.09. The van der Waals surface area contributed by atoms with E-state index in [9.17, 15) is 14.4 Å². The van der Waals surface area contributed by atoms with Crippen LogP contribution in [0.4, 0.5) is 0 Å². The van der Waals surface area contributed by atoms with Crippen LogP contribution in [0.1, 0.15) is 21.5 Å². The number of aromatic nitrogens is 1. The Balaban J connectivity index is 1.41. The van der Waals surface area contributed by atoms with E-state index in [4.69, 9.17) is 0 Å². The SMILES string of the molecule is O=C(Cc1cccc2ccccc12)NNC(=O)c1ccc(=O)n(Cc2ccccc2)c1. The van der Waals surface area contributed by atoms with Gasteiger partial charge in [0.1, 0.15) is 0 Å². The Morgan fingerprint density at radius 2 is 1.52 bits per heavy atom. The van der Waals surface area contributed by atoms with Crippen LogP contribution in [0.5, 0.6) is 0 Å². The molecule has 4 rings (SSSR count). The summed E-state index contributed by atoms with van der Waals surface area (Å²) in [7, 11) is 0. The van der Waals surface area contributed by atoms with Gasteiger partial charge in [-0.2, -0.15) is 0 Å². The second-order valence-electron chi connectivity index (χ2n) is 7.19. The van der Waals surface area contributed by atoms with Crippen LogP contribution in [-0.4, -0.2) is 16.4 Å². The molecular weight excluding hydrogens is 390 g/mol. The molecule has 0 bridgehead atoms. The lowest BCUT2D eigenvalue weighted by atomic mass is 10.0. The van der Waals surface area contributed by atoms with Gasteiger partial charge in [0.05, 0.1) is 18.5 Å². The molecule has 6 heteroatoms. The molecular formula is C25H21N3O3. The van der Waals surface area contributed by atoms with Gasteiger partial charge in [0, 0.05) is 12.3 Å². The Morgan fingerprint density at radius 3 is 2.35 bits per heavy atom. The molecule has 31 heavy (non-hydrogen) atoms. The van der Waals surface area contributed by atoms with Crippen LogP contribution in [0.25, 0.3) is 10.8 Å². The van der Waals surface area contributed by atoms with E-state index in [1.165, 1.54) is 22.9 Å². The van der Waals surface area contributed by atoms with Gasteiger partial charge in [0.2, 0.25) is 5.91 Å². The smallest absolute Gasteiger partial charge is 0.271 e. The molecule has 154 valence electrons. The van der Waals surface area contributed by atoms with E-state index in [0.29, 0.717) is 6.54 Å². The van der Waals surface area contributed by atoms with Crippen LogP contribution >= 0.6 is 0 Å². The average Bonchev–Trinajstić information content (AvgIpc) is 2.80. The van der Waals surface area contributed by atoms with E-state index in [1.807, 2.05) is 72.8 Å². The Kier molecular flexibility index (Phi) is 5.89. The fraction of sp³-hybridized carbons (Fsp3) is 0.0800. The van der Waals surface area contributed by atoms with Crippen LogP contribution in [0.3, 0.4) is 0 Å². The third-order valence-electron chi connectivity index (χ3n) is 4.99. The minimum atomic E-state index is -0.493. The van der Waals surface area contributed by atoms with Crippen LogP contribution in [-0.2, 0) is 17.8 Å². The summed E-state index contributed by atoms with van der Waals surface area (Å²) in [5, 5.41) is 2.05. The highest BCUT2D eigenvalue weighted by atomic mass is 16.2. The predicted molar refractivity (Wildman–Crippen MR) is 120 cm³/mol. The Hall–Kier alpha value is -4.19. The zero-order chi connectivity index (χ0) is 21.6. The number of nitrogens with one attached hydrogen (secondary N) is 2. The van der Waals surface area contributed by atoms with Crippen molar-refractivity contribution in [1.29, 1.82) is 0 Å². The summed E-state index contributed by atoms with van der Waals surface area (Å²) >= 11 is 0. The first-order valence-corrected chi connectivity index (χ1v) is 9.90. The number of nitrogens with zero attached hydrogens (tertiary/aromatic N) is 1. The van der Waals surface area contributed by atoms with Crippen molar-refractivity contribution in [3.8, 4) is 0 Å². The van der Waals surface area contributed by atoms with E-state index < -0.39 is 5.91 Å². The van der Waals surface area contributed by atoms with Crippen molar-refractivity contribution in [3.05, 3.63) is 118 Å². The highest BCUT2D eigenvalue weighted by Gasteiger charge is 2.11. The largest absolute Gasteiger partial charge is 0.310 e. The summed E-state index contributed by atoms with van der Waals surface area (Å²) in [6, 6.07) is 25.9. The van der Waals surface area contributed by atoms with E-state index in [2.05, 4.69) is 10.9 Å². The molecule has 2 N–H and O–H groups in total. The van der Waals surface area contributed by atoms with Crippen LogP contribution < -0.4 is 16.4 Å². The number of hydrogen-bond donors (Lipinski definition) is 2. The van der Waals surface area contributed by atoms with E-state index in [1.54, 1.807) is 0 Å². The summed E-state index contributed by atoms with van der Waals surface area (Å²) < 4.78 is 1.46. The molecule has 0 saturated heterocycles. The fourth-order valence-electron chi connectivity index (χ4n) is 3.43. The highest BCUT2D eigenvalue weighted by Crippen LogP contribution is 2.18. The monoisotopic (exact) mass is 411 g/mol. The molecule has 0 saturated carbocycles. The first-order valence-electron chi connectivity index (χ1n) is 9.90. The van der Waals surface area contributed by atoms with Crippen molar-refractivity contribution in [1.82, 2.24) is 15.4 Å². The molecule has 0 aliphatic carbocycles. The summed E-state index contributed by atoms with van der Waals surface area (Å²) in [4.78, 5) is 37.0. The lowest BCUT2D eigenvalue weighted by Crippen LogP contribution is -2.42. The van der Waals surface area contributed by atoms with Crippen molar-refractivity contribution in [3.63, 3.8) is 0 Å². The van der Waals surface area contributed by atoms with Crippen molar-refractivity contribution in [2.45, 2.75) is 13.0 Å². The minimum absolute atomic E-state index is 0.134. The van der Waals surface area contributed by atoms with E-state index in [0.717, 1.165) is 21.9 Å². The Morgan fingerprint density at radius 1 is 0.774 bits per heavy atom. The number of rotatable bonds is 5. The number of hydrogen-bond acceptors (Lipinski definition) is 3. The summed E-state index contributed by atoms with van der Waals surface area (Å²) in [6.07, 6.45) is 1.62. The number of carbonyl (C=O) groups is 2. The summed E-state index contributed by atoms with van der Waals surface area (Å²) in [6.45, 7) is 0.355. The standard InChI is InChI=1S/C25H21N3O3/c29-23(15-20-11-6-10-19-9-4-5-12-22(19)20)26-27-25(31)21-13-14-24(30)28(17-21)16-18-7-2-1-3-8-18/h1-14,17H,15-16H2,(H,26,29)(H,27,31). The summed E-state index contributed by atoms with van der Waals surface area (Å²) in [5.74, 6) is -0.824.